The largest absolute Gasteiger partial charge is 0.441 e. The zero-order chi connectivity index (χ0) is 12.5. The summed E-state index contributed by atoms with van der Waals surface area (Å²) < 4.78 is 5.96. The topological polar surface area (TPSA) is 26.0 Å². The second-order valence-corrected chi connectivity index (χ2v) is 5.50. The Morgan fingerprint density at radius 2 is 2.00 bits per heavy atom. The van der Waals surface area contributed by atoms with Crippen molar-refractivity contribution in [3.05, 3.63) is 41.8 Å². The van der Waals surface area contributed by atoms with Gasteiger partial charge in [-0.3, -0.25) is 0 Å². The molecule has 2 nitrogen and oxygen atoms in total. The second-order valence-electron chi connectivity index (χ2n) is 5.50. The molecule has 2 aromatic rings. The molecule has 0 aliphatic heterocycles. The van der Waals surface area contributed by atoms with E-state index in [2.05, 4.69) is 31.0 Å². The van der Waals surface area contributed by atoms with Crippen molar-refractivity contribution in [1.82, 2.24) is 4.98 Å². The van der Waals surface area contributed by atoms with Crippen molar-refractivity contribution < 1.29 is 4.42 Å². The fourth-order valence-electron chi connectivity index (χ4n) is 2.67. The van der Waals surface area contributed by atoms with E-state index in [-0.39, 0.29) is 0 Å². The first-order chi connectivity index (χ1) is 8.74. The van der Waals surface area contributed by atoms with Crippen LogP contribution in [0.3, 0.4) is 0 Å². The van der Waals surface area contributed by atoms with E-state index in [0.29, 0.717) is 0 Å². The Morgan fingerprint density at radius 1 is 1.22 bits per heavy atom. The van der Waals surface area contributed by atoms with Gasteiger partial charge in [0.2, 0.25) is 5.89 Å². The molecular formula is C16H19NO. The van der Waals surface area contributed by atoms with Gasteiger partial charge >= 0.3 is 0 Å². The molecule has 2 heteroatoms. The monoisotopic (exact) mass is 241 g/mol. The molecule has 1 heterocycles. The Bertz CT molecular complexity index is 527. The fourth-order valence-corrected chi connectivity index (χ4v) is 2.67. The van der Waals surface area contributed by atoms with Crippen LogP contribution in [0.2, 0.25) is 0 Å². The van der Waals surface area contributed by atoms with E-state index in [9.17, 15) is 0 Å². The summed E-state index contributed by atoms with van der Waals surface area (Å²) in [7, 11) is 0. The van der Waals surface area contributed by atoms with E-state index in [1.165, 1.54) is 12.1 Å². The molecule has 0 radical (unpaired) electrons. The van der Waals surface area contributed by atoms with Crippen molar-refractivity contribution in [1.29, 1.82) is 0 Å². The summed E-state index contributed by atoms with van der Waals surface area (Å²) in [4.78, 5) is 4.65. The number of oxazole rings is 1. The lowest BCUT2D eigenvalue weighted by Gasteiger charge is -2.23. The highest BCUT2D eigenvalue weighted by atomic mass is 16.4. The van der Waals surface area contributed by atoms with E-state index < -0.39 is 0 Å². The van der Waals surface area contributed by atoms with Gasteiger partial charge in [-0.1, -0.05) is 32.0 Å². The van der Waals surface area contributed by atoms with E-state index in [1.807, 2.05) is 18.2 Å². The molecule has 94 valence electrons. The lowest BCUT2D eigenvalue weighted by Crippen LogP contribution is -2.18. The van der Waals surface area contributed by atoms with E-state index in [4.69, 9.17) is 4.42 Å². The minimum Gasteiger partial charge on any atom is -0.441 e. The van der Waals surface area contributed by atoms with Gasteiger partial charge in [-0.25, -0.2) is 4.98 Å². The van der Waals surface area contributed by atoms with Crippen LogP contribution in [0.1, 0.15) is 31.7 Å². The normalized spacial score (nSPS) is 18.9. The number of rotatable bonds is 2. The molecular weight excluding hydrogens is 222 g/mol. The van der Waals surface area contributed by atoms with Crippen LogP contribution < -0.4 is 0 Å². The van der Waals surface area contributed by atoms with Gasteiger partial charge < -0.3 is 4.42 Å². The van der Waals surface area contributed by atoms with Crippen LogP contribution in [0.4, 0.5) is 0 Å². The number of hydrogen-bond acceptors (Lipinski definition) is 2. The molecule has 0 amide bonds. The quantitative estimate of drug-likeness (QED) is 0.791. The van der Waals surface area contributed by atoms with Gasteiger partial charge in [0.25, 0.3) is 0 Å². The van der Waals surface area contributed by atoms with Crippen molar-refractivity contribution in [3.8, 4) is 11.5 Å². The highest BCUT2D eigenvalue weighted by Gasteiger charge is 2.26. The number of fused-ring (bicyclic) bond motifs is 1. The molecule has 1 atom stereocenters. The summed E-state index contributed by atoms with van der Waals surface area (Å²) in [5.74, 6) is 3.36. The molecule has 0 fully saturated rings. The summed E-state index contributed by atoms with van der Waals surface area (Å²) in [6.07, 6.45) is 3.35. The number of hydrogen-bond donors (Lipinski definition) is 0. The Labute approximate surface area is 108 Å². The molecule has 0 N–H and O–H groups in total. The van der Waals surface area contributed by atoms with Crippen LogP contribution in [-0.2, 0) is 12.8 Å². The zero-order valence-electron chi connectivity index (χ0n) is 11.0. The van der Waals surface area contributed by atoms with Gasteiger partial charge in [-0.2, -0.15) is 0 Å². The van der Waals surface area contributed by atoms with Crippen molar-refractivity contribution in [2.75, 3.05) is 0 Å². The maximum atomic E-state index is 5.96. The van der Waals surface area contributed by atoms with Gasteiger partial charge in [0.05, 0.1) is 5.69 Å². The van der Waals surface area contributed by atoms with Crippen LogP contribution in [-0.4, -0.2) is 4.98 Å². The standard InChI is InChI=1S/C16H19NO/c1-11(2)13-8-9-14-15(10-13)18-16(17-14)12-6-4-3-5-7-12/h3-7,11,13H,8-10H2,1-2H3. The number of nitrogens with zero attached hydrogens (tertiary/aromatic N) is 1. The average Bonchev–Trinajstić information content (AvgIpc) is 2.82. The van der Waals surface area contributed by atoms with Crippen molar-refractivity contribution >= 4 is 0 Å². The molecule has 18 heavy (non-hydrogen) atoms. The third-order valence-corrected chi connectivity index (χ3v) is 3.94. The second kappa shape index (κ2) is 4.60. The van der Waals surface area contributed by atoms with Crippen LogP contribution in [0.5, 0.6) is 0 Å². The lowest BCUT2D eigenvalue weighted by atomic mass is 9.83. The smallest absolute Gasteiger partial charge is 0.226 e. The Kier molecular flexibility index (Phi) is 2.94. The SMILES string of the molecule is CC(C)C1CCc2nc(-c3ccccc3)oc2C1. The molecule has 0 saturated carbocycles. The molecule has 1 aliphatic carbocycles. The Balaban J connectivity index is 1.90. The molecule has 3 rings (SSSR count). The van der Waals surface area contributed by atoms with Crippen LogP contribution in [0.15, 0.2) is 34.7 Å². The van der Waals surface area contributed by atoms with Crippen LogP contribution in [0, 0.1) is 11.8 Å². The van der Waals surface area contributed by atoms with Gasteiger partial charge in [0.15, 0.2) is 0 Å². The predicted octanol–water partition coefficient (Wildman–Crippen LogP) is 4.10. The van der Waals surface area contributed by atoms with Gasteiger partial charge in [-0.15, -0.1) is 0 Å². The third-order valence-electron chi connectivity index (χ3n) is 3.94. The summed E-state index contributed by atoms with van der Waals surface area (Å²) in [6.45, 7) is 4.59. The van der Waals surface area contributed by atoms with Gasteiger partial charge in [0.1, 0.15) is 5.76 Å². The van der Waals surface area contributed by atoms with Crippen LogP contribution >= 0.6 is 0 Å². The van der Waals surface area contributed by atoms with Gasteiger partial charge in [0, 0.05) is 12.0 Å². The maximum absolute atomic E-state index is 5.96. The minimum absolute atomic E-state index is 0.725. The summed E-state index contributed by atoms with van der Waals surface area (Å²) in [6, 6.07) is 10.2. The molecule has 0 spiro atoms. The molecule has 1 unspecified atom stereocenters. The Morgan fingerprint density at radius 3 is 2.72 bits per heavy atom. The van der Waals surface area contributed by atoms with E-state index in [0.717, 1.165) is 41.9 Å². The fraction of sp³-hybridized carbons (Fsp3) is 0.438. The Hall–Kier alpha value is -1.57. The third kappa shape index (κ3) is 2.07. The summed E-state index contributed by atoms with van der Waals surface area (Å²) in [5, 5.41) is 0. The van der Waals surface area contributed by atoms with Gasteiger partial charge in [-0.05, 0) is 36.8 Å². The minimum atomic E-state index is 0.725. The van der Waals surface area contributed by atoms with E-state index >= 15 is 0 Å². The maximum Gasteiger partial charge on any atom is 0.226 e. The molecule has 1 aromatic heterocycles. The molecule has 1 aliphatic rings. The predicted molar refractivity (Wildman–Crippen MR) is 72.3 cm³/mol. The molecule has 0 bridgehead atoms. The first-order valence-electron chi connectivity index (χ1n) is 6.78. The number of aryl methyl sites for hydroxylation is 1. The first kappa shape index (κ1) is 11.5. The summed E-state index contributed by atoms with van der Waals surface area (Å²) in [5.41, 5.74) is 2.25. The first-order valence-corrected chi connectivity index (χ1v) is 6.78. The molecule has 0 saturated heterocycles. The van der Waals surface area contributed by atoms with Crippen molar-refractivity contribution in [2.45, 2.75) is 33.1 Å². The van der Waals surface area contributed by atoms with Crippen molar-refractivity contribution in [3.63, 3.8) is 0 Å². The average molecular weight is 241 g/mol. The zero-order valence-corrected chi connectivity index (χ0v) is 11.0. The molecule has 1 aromatic carbocycles. The summed E-state index contributed by atoms with van der Waals surface area (Å²) >= 11 is 0. The highest BCUT2D eigenvalue weighted by molar-refractivity contribution is 5.53. The van der Waals surface area contributed by atoms with Crippen LogP contribution in [0.25, 0.3) is 11.5 Å². The van der Waals surface area contributed by atoms with Crippen molar-refractivity contribution in [2.24, 2.45) is 11.8 Å². The van der Waals surface area contributed by atoms with E-state index in [1.54, 1.807) is 0 Å². The highest BCUT2D eigenvalue weighted by Crippen LogP contribution is 2.32. The lowest BCUT2D eigenvalue weighted by molar-refractivity contribution is 0.313. The number of aromatic nitrogens is 1. The number of benzene rings is 1.